The third-order valence-corrected chi connectivity index (χ3v) is 6.42. The predicted molar refractivity (Wildman–Crippen MR) is 143 cm³/mol. The summed E-state index contributed by atoms with van der Waals surface area (Å²) in [5.74, 6) is -0.333. The van der Waals surface area contributed by atoms with E-state index in [1.54, 1.807) is 12.1 Å². The summed E-state index contributed by atoms with van der Waals surface area (Å²) in [4.78, 5) is 51.0. The number of hydrogen-bond acceptors (Lipinski definition) is 5. The molecule has 0 aliphatic heterocycles. The molecule has 5 rings (SSSR count). The van der Waals surface area contributed by atoms with Crippen molar-refractivity contribution < 1.29 is 4.79 Å². The van der Waals surface area contributed by atoms with Gasteiger partial charge in [0.25, 0.3) is 11.5 Å². The fourth-order valence-electron chi connectivity index (χ4n) is 4.64. The van der Waals surface area contributed by atoms with Crippen LogP contribution in [0.1, 0.15) is 53.6 Å². The first-order chi connectivity index (χ1) is 17.4. The first kappa shape index (κ1) is 24.2. The summed E-state index contributed by atoms with van der Waals surface area (Å²) in [6.07, 6.45) is 0. The molecular weight excluding hydrogens is 470 g/mol. The van der Waals surface area contributed by atoms with Gasteiger partial charge in [-0.2, -0.15) is 5.10 Å². The number of aromatic nitrogens is 6. The van der Waals surface area contributed by atoms with Gasteiger partial charge in [0.05, 0.1) is 38.9 Å². The largest absolute Gasteiger partial charge is 0.348 e. The number of carbonyl (C=O) groups is 1. The lowest BCUT2D eigenvalue weighted by Gasteiger charge is -2.20. The predicted octanol–water partition coefficient (Wildman–Crippen LogP) is 3.57. The number of amides is 1. The van der Waals surface area contributed by atoms with E-state index < -0.39 is 0 Å². The molecule has 1 amide bonds. The van der Waals surface area contributed by atoms with Crippen molar-refractivity contribution in [1.82, 2.24) is 35.0 Å². The van der Waals surface area contributed by atoms with E-state index in [0.717, 1.165) is 16.8 Å². The number of nitrogens with zero attached hydrogens (tertiary/aromatic N) is 3. The summed E-state index contributed by atoms with van der Waals surface area (Å²) in [5, 5.41) is 8.29. The van der Waals surface area contributed by atoms with Crippen LogP contribution < -0.4 is 16.6 Å². The van der Waals surface area contributed by atoms with Crippen molar-refractivity contribution in [1.29, 1.82) is 0 Å². The molecule has 10 nitrogen and oxygen atoms in total. The molecule has 0 spiro atoms. The molecular formula is C27H29N7O3. The highest BCUT2D eigenvalue weighted by Crippen LogP contribution is 2.31. The van der Waals surface area contributed by atoms with Gasteiger partial charge in [-0.05, 0) is 71.4 Å². The number of benzene rings is 1. The number of H-pyrrole nitrogens is 3. The lowest BCUT2D eigenvalue weighted by Crippen LogP contribution is -2.28. The lowest BCUT2D eigenvalue weighted by molar-refractivity contribution is 0.0952. The molecule has 0 saturated carbocycles. The van der Waals surface area contributed by atoms with Crippen LogP contribution in [0.2, 0.25) is 0 Å². The molecule has 1 aromatic carbocycles. The molecule has 0 aliphatic carbocycles. The number of imidazole rings is 1. The van der Waals surface area contributed by atoms with Gasteiger partial charge in [0.1, 0.15) is 0 Å². The van der Waals surface area contributed by atoms with E-state index >= 15 is 0 Å². The molecule has 4 heterocycles. The second kappa shape index (κ2) is 8.58. The SMILES string of the molecule is Cc1cc(C)c(CNC(=O)c2cc(-c3ccc4[nH]c(=O)[nH]c4c3)nc3c2c(C)nn3C(C)(C)C)c(=O)[nH]1. The Morgan fingerprint density at radius 2 is 1.73 bits per heavy atom. The Balaban J connectivity index is 1.65. The summed E-state index contributed by atoms with van der Waals surface area (Å²) in [5.41, 5.74) is 5.51. The molecule has 0 bridgehead atoms. The van der Waals surface area contributed by atoms with Gasteiger partial charge < -0.3 is 20.3 Å². The Morgan fingerprint density at radius 1 is 1.00 bits per heavy atom. The van der Waals surface area contributed by atoms with Crippen molar-refractivity contribution in [2.75, 3.05) is 0 Å². The van der Waals surface area contributed by atoms with Gasteiger partial charge in [-0.15, -0.1) is 0 Å². The summed E-state index contributed by atoms with van der Waals surface area (Å²) in [7, 11) is 0. The van der Waals surface area contributed by atoms with Crippen LogP contribution in [-0.4, -0.2) is 35.6 Å². The van der Waals surface area contributed by atoms with Crippen molar-refractivity contribution in [2.24, 2.45) is 0 Å². The second-order valence-electron chi connectivity index (χ2n) is 10.4. The first-order valence-electron chi connectivity index (χ1n) is 12.0. The van der Waals surface area contributed by atoms with E-state index in [1.165, 1.54) is 0 Å². The maximum atomic E-state index is 13.6. The van der Waals surface area contributed by atoms with Crippen LogP contribution in [0.5, 0.6) is 0 Å². The average molecular weight is 500 g/mol. The van der Waals surface area contributed by atoms with Crippen LogP contribution in [0, 0.1) is 20.8 Å². The third kappa shape index (κ3) is 4.35. The number of nitrogens with one attached hydrogen (secondary N) is 4. The molecule has 37 heavy (non-hydrogen) atoms. The van der Waals surface area contributed by atoms with Crippen LogP contribution in [-0.2, 0) is 12.1 Å². The normalized spacial score (nSPS) is 11.9. The van der Waals surface area contributed by atoms with Gasteiger partial charge >= 0.3 is 5.69 Å². The highest BCUT2D eigenvalue weighted by Gasteiger charge is 2.25. The number of carbonyl (C=O) groups excluding carboxylic acids is 1. The van der Waals surface area contributed by atoms with Crippen LogP contribution in [0.4, 0.5) is 0 Å². The molecule has 0 fully saturated rings. The fourth-order valence-corrected chi connectivity index (χ4v) is 4.64. The Labute approximate surface area is 212 Å². The molecule has 0 radical (unpaired) electrons. The quantitative estimate of drug-likeness (QED) is 0.299. The van der Waals surface area contributed by atoms with Gasteiger partial charge in [0.15, 0.2) is 5.65 Å². The van der Waals surface area contributed by atoms with E-state index in [2.05, 4.69) is 20.3 Å². The minimum atomic E-state index is -0.381. The molecule has 10 heteroatoms. The third-order valence-electron chi connectivity index (χ3n) is 6.42. The number of rotatable bonds is 4. The molecule has 0 saturated heterocycles. The molecule has 0 atom stereocenters. The number of fused-ring (bicyclic) bond motifs is 2. The zero-order valence-corrected chi connectivity index (χ0v) is 21.7. The number of hydrogen-bond donors (Lipinski definition) is 4. The van der Waals surface area contributed by atoms with Gasteiger partial charge in [-0.3, -0.25) is 9.59 Å². The van der Waals surface area contributed by atoms with Crippen LogP contribution in [0.15, 0.2) is 39.9 Å². The van der Waals surface area contributed by atoms with Crippen molar-refractivity contribution in [2.45, 2.75) is 53.6 Å². The molecule has 4 N–H and O–H groups in total. The standard InChI is InChI=1S/C27H29N7O3/c1-13-9-14(2)29-25(36)18(13)12-28-24(35)17-11-20(16-7-8-19-21(10-16)32-26(37)31-19)30-23-22(17)15(3)33-34(23)27(4,5)6/h7-11H,12H2,1-6H3,(H,28,35)(H,29,36)(H2,31,32,37). The van der Waals surface area contributed by atoms with Crippen molar-refractivity contribution in [3.63, 3.8) is 0 Å². The molecule has 5 aromatic rings. The molecule has 0 unspecified atom stereocenters. The summed E-state index contributed by atoms with van der Waals surface area (Å²) >= 11 is 0. The topological polar surface area (TPSA) is 141 Å². The van der Waals surface area contributed by atoms with E-state index in [9.17, 15) is 14.4 Å². The van der Waals surface area contributed by atoms with Crippen LogP contribution in [0.3, 0.4) is 0 Å². The Hall–Kier alpha value is -4.47. The first-order valence-corrected chi connectivity index (χ1v) is 12.0. The Morgan fingerprint density at radius 3 is 2.43 bits per heavy atom. The highest BCUT2D eigenvalue weighted by molar-refractivity contribution is 6.07. The van der Waals surface area contributed by atoms with E-state index in [-0.39, 0.29) is 29.2 Å². The number of pyridine rings is 2. The minimum Gasteiger partial charge on any atom is -0.348 e. The van der Waals surface area contributed by atoms with Gasteiger partial charge in [0.2, 0.25) is 0 Å². The van der Waals surface area contributed by atoms with Gasteiger partial charge in [-0.1, -0.05) is 6.07 Å². The zero-order chi connectivity index (χ0) is 26.6. The van der Waals surface area contributed by atoms with Crippen molar-refractivity contribution >= 4 is 28.0 Å². The smallest absolute Gasteiger partial charge is 0.323 e. The van der Waals surface area contributed by atoms with E-state index in [4.69, 9.17) is 10.1 Å². The summed E-state index contributed by atoms with van der Waals surface area (Å²) in [6.45, 7) is 11.7. The molecule has 190 valence electrons. The maximum absolute atomic E-state index is 13.6. The summed E-state index contributed by atoms with van der Waals surface area (Å²) < 4.78 is 1.82. The number of aromatic amines is 3. The van der Waals surface area contributed by atoms with E-state index in [1.807, 2.05) is 64.4 Å². The number of aryl methyl sites for hydroxylation is 3. The Kier molecular flexibility index (Phi) is 5.62. The van der Waals surface area contributed by atoms with Crippen molar-refractivity contribution in [3.8, 4) is 11.3 Å². The minimum absolute atomic E-state index is 0.0857. The monoisotopic (exact) mass is 499 g/mol. The average Bonchev–Trinajstić information content (AvgIpc) is 3.35. The van der Waals surface area contributed by atoms with Gasteiger partial charge in [0, 0.05) is 23.4 Å². The highest BCUT2D eigenvalue weighted by atomic mass is 16.2. The van der Waals surface area contributed by atoms with Crippen molar-refractivity contribution in [3.05, 3.63) is 79.2 Å². The Bertz CT molecular complexity index is 1810. The summed E-state index contributed by atoms with van der Waals surface area (Å²) in [6, 6.07) is 9.08. The zero-order valence-electron chi connectivity index (χ0n) is 21.7. The second-order valence-corrected chi connectivity index (χ2v) is 10.4. The molecule has 4 aromatic heterocycles. The van der Waals surface area contributed by atoms with Crippen LogP contribution >= 0.6 is 0 Å². The lowest BCUT2D eigenvalue weighted by atomic mass is 10.0. The van der Waals surface area contributed by atoms with Gasteiger partial charge in [-0.25, -0.2) is 14.5 Å². The fraction of sp³-hybridized carbons (Fsp3) is 0.296. The van der Waals surface area contributed by atoms with Crippen LogP contribution in [0.25, 0.3) is 33.3 Å². The molecule has 0 aliphatic rings. The van der Waals surface area contributed by atoms with E-state index in [0.29, 0.717) is 44.6 Å². The maximum Gasteiger partial charge on any atom is 0.323 e.